The Bertz CT molecular complexity index is 364. The highest BCUT2D eigenvalue weighted by atomic mass is 32.1. The lowest BCUT2D eigenvalue weighted by Crippen LogP contribution is -2.49. The van der Waals surface area contributed by atoms with Crippen molar-refractivity contribution in [3.05, 3.63) is 22.4 Å². The van der Waals surface area contributed by atoms with Gasteiger partial charge in [0.15, 0.2) is 0 Å². The van der Waals surface area contributed by atoms with Crippen molar-refractivity contribution in [1.29, 1.82) is 0 Å². The van der Waals surface area contributed by atoms with Crippen molar-refractivity contribution in [2.24, 2.45) is 0 Å². The van der Waals surface area contributed by atoms with Gasteiger partial charge in [0.2, 0.25) is 0 Å². The smallest absolute Gasteiger partial charge is 0.0331 e. The standard InChI is InChI=1S/C15H24N2S/c1-2-15(8-4-9-16-15)12-17(13-6-7-13)11-14-5-3-10-18-14/h3,5,10,13,16H,2,4,6-9,11-12H2,1H3. The summed E-state index contributed by atoms with van der Waals surface area (Å²) in [5.41, 5.74) is 0.403. The Morgan fingerprint density at radius 1 is 1.50 bits per heavy atom. The second kappa shape index (κ2) is 5.32. The first kappa shape index (κ1) is 12.6. The van der Waals surface area contributed by atoms with Crippen molar-refractivity contribution in [1.82, 2.24) is 10.2 Å². The molecule has 2 fully saturated rings. The van der Waals surface area contributed by atoms with E-state index in [4.69, 9.17) is 0 Å². The highest BCUT2D eigenvalue weighted by molar-refractivity contribution is 7.09. The number of rotatable bonds is 6. The summed E-state index contributed by atoms with van der Waals surface area (Å²) < 4.78 is 0. The van der Waals surface area contributed by atoms with E-state index in [1.54, 1.807) is 0 Å². The molecule has 1 aromatic heterocycles. The zero-order valence-corrected chi connectivity index (χ0v) is 12.1. The summed E-state index contributed by atoms with van der Waals surface area (Å²) in [4.78, 5) is 4.25. The van der Waals surface area contributed by atoms with Gasteiger partial charge in [0.1, 0.15) is 0 Å². The number of hydrogen-bond acceptors (Lipinski definition) is 3. The summed E-state index contributed by atoms with van der Waals surface area (Å²) in [5.74, 6) is 0. The molecule has 0 spiro atoms. The lowest BCUT2D eigenvalue weighted by atomic mass is 9.93. The van der Waals surface area contributed by atoms with Crippen molar-refractivity contribution < 1.29 is 0 Å². The summed E-state index contributed by atoms with van der Waals surface area (Å²) >= 11 is 1.90. The molecule has 2 aliphatic rings. The maximum atomic E-state index is 3.77. The summed E-state index contributed by atoms with van der Waals surface area (Å²) in [6, 6.07) is 5.31. The first-order valence-corrected chi connectivity index (χ1v) is 8.21. The van der Waals surface area contributed by atoms with E-state index in [2.05, 4.69) is 34.7 Å². The molecule has 0 amide bonds. The van der Waals surface area contributed by atoms with Gasteiger partial charge in [0, 0.05) is 29.5 Å². The third-order valence-electron chi connectivity index (χ3n) is 4.52. The fourth-order valence-electron chi connectivity index (χ4n) is 3.16. The summed E-state index contributed by atoms with van der Waals surface area (Å²) in [6.07, 6.45) is 6.79. The monoisotopic (exact) mass is 264 g/mol. The molecule has 2 heterocycles. The topological polar surface area (TPSA) is 15.3 Å². The SMILES string of the molecule is CCC1(CN(Cc2cccs2)C2CC2)CCCN1. The minimum atomic E-state index is 0.403. The molecule has 1 saturated carbocycles. The number of thiophene rings is 1. The number of nitrogens with one attached hydrogen (secondary N) is 1. The van der Waals surface area contributed by atoms with E-state index >= 15 is 0 Å². The van der Waals surface area contributed by atoms with Crippen LogP contribution in [0.4, 0.5) is 0 Å². The molecule has 1 atom stereocenters. The van der Waals surface area contributed by atoms with E-state index in [0.29, 0.717) is 5.54 Å². The van der Waals surface area contributed by atoms with Crippen LogP contribution in [0.3, 0.4) is 0 Å². The molecule has 1 saturated heterocycles. The molecule has 1 aliphatic carbocycles. The van der Waals surface area contributed by atoms with Crippen LogP contribution >= 0.6 is 11.3 Å². The Hall–Kier alpha value is -0.380. The zero-order chi connectivity index (χ0) is 12.4. The minimum Gasteiger partial charge on any atom is -0.310 e. The molecule has 1 unspecified atom stereocenters. The van der Waals surface area contributed by atoms with Crippen molar-refractivity contribution in [2.45, 2.75) is 57.2 Å². The van der Waals surface area contributed by atoms with E-state index in [9.17, 15) is 0 Å². The van der Waals surface area contributed by atoms with E-state index in [1.807, 2.05) is 11.3 Å². The summed E-state index contributed by atoms with van der Waals surface area (Å²) in [6.45, 7) is 5.96. The highest BCUT2D eigenvalue weighted by Crippen LogP contribution is 2.33. The molecule has 3 rings (SSSR count). The maximum absolute atomic E-state index is 3.77. The molecule has 1 N–H and O–H groups in total. The fraction of sp³-hybridized carbons (Fsp3) is 0.733. The predicted octanol–water partition coefficient (Wildman–Crippen LogP) is 3.24. The van der Waals surface area contributed by atoms with Crippen LogP contribution in [0.25, 0.3) is 0 Å². The van der Waals surface area contributed by atoms with Gasteiger partial charge in [-0.1, -0.05) is 13.0 Å². The molecule has 2 nitrogen and oxygen atoms in total. The second-order valence-electron chi connectivity index (χ2n) is 5.88. The van der Waals surface area contributed by atoms with Gasteiger partial charge in [-0.3, -0.25) is 4.90 Å². The number of hydrogen-bond donors (Lipinski definition) is 1. The molecule has 0 bridgehead atoms. The van der Waals surface area contributed by atoms with Gasteiger partial charge in [-0.2, -0.15) is 0 Å². The molecule has 0 radical (unpaired) electrons. The van der Waals surface area contributed by atoms with Crippen molar-refractivity contribution in [3.8, 4) is 0 Å². The molecule has 3 heteroatoms. The van der Waals surface area contributed by atoms with Gasteiger partial charge in [-0.25, -0.2) is 0 Å². The van der Waals surface area contributed by atoms with Gasteiger partial charge in [-0.15, -0.1) is 11.3 Å². The average Bonchev–Trinajstić information content (AvgIpc) is 2.92. The largest absolute Gasteiger partial charge is 0.310 e. The lowest BCUT2D eigenvalue weighted by molar-refractivity contribution is 0.174. The number of nitrogens with zero attached hydrogens (tertiary/aromatic N) is 1. The van der Waals surface area contributed by atoms with Crippen LogP contribution in [0.2, 0.25) is 0 Å². The Labute approximate surface area is 114 Å². The minimum absolute atomic E-state index is 0.403. The maximum Gasteiger partial charge on any atom is 0.0331 e. The zero-order valence-electron chi connectivity index (χ0n) is 11.3. The van der Waals surface area contributed by atoms with Crippen LogP contribution < -0.4 is 5.32 Å². The van der Waals surface area contributed by atoms with Crippen LogP contribution in [0.15, 0.2) is 17.5 Å². The quantitative estimate of drug-likeness (QED) is 0.848. The average molecular weight is 264 g/mol. The Kier molecular flexibility index (Phi) is 3.73. The van der Waals surface area contributed by atoms with Crippen LogP contribution in [-0.2, 0) is 6.54 Å². The van der Waals surface area contributed by atoms with E-state index in [1.165, 1.54) is 50.1 Å². The normalized spacial score (nSPS) is 28.1. The van der Waals surface area contributed by atoms with Crippen LogP contribution in [0, 0.1) is 0 Å². The van der Waals surface area contributed by atoms with E-state index in [-0.39, 0.29) is 0 Å². The molecule has 18 heavy (non-hydrogen) atoms. The van der Waals surface area contributed by atoms with Gasteiger partial charge < -0.3 is 5.32 Å². The van der Waals surface area contributed by atoms with Gasteiger partial charge in [0.05, 0.1) is 0 Å². The third kappa shape index (κ3) is 2.79. The summed E-state index contributed by atoms with van der Waals surface area (Å²) in [5, 5.41) is 5.97. The molecule has 1 aromatic rings. The molecule has 0 aromatic carbocycles. The molecular weight excluding hydrogens is 240 g/mol. The second-order valence-corrected chi connectivity index (χ2v) is 6.91. The Morgan fingerprint density at radius 3 is 2.94 bits per heavy atom. The van der Waals surface area contributed by atoms with E-state index in [0.717, 1.165) is 12.6 Å². The van der Waals surface area contributed by atoms with Crippen molar-refractivity contribution >= 4 is 11.3 Å². The van der Waals surface area contributed by atoms with Crippen LogP contribution in [0.1, 0.15) is 43.9 Å². The Balaban J connectivity index is 1.66. The van der Waals surface area contributed by atoms with Crippen LogP contribution in [0.5, 0.6) is 0 Å². The van der Waals surface area contributed by atoms with Gasteiger partial charge in [0.25, 0.3) is 0 Å². The molecule has 100 valence electrons. The van der Waals surface area contributed by atoms with Crippen LogP contribution in [-0.4, -0.2) is 29.6 Å². The van der Waals surface area contributed by atoms with E-state index < -0.39 is 0 Å². The van der Waals surface area contributed by atoms with Gasteiger partial charge >= 0.3 is 0 Å². The first-order chi connectivity index (χ1) is 8.81. The predicted molar refractivity (Wildman–Crippen MR) is 78.0 cm³/mol. The van der Waals surface area contributed by atoms with Gasteiger partial charge in [-0.05, 0) is 50.1 Å². The third-order valence-corrected chi connectivity index (χ3v) is 5.38. The fourth-order valence-corrected chi connectivity index (χ4v) is 3.89. The molecular formula is C15H24N2S. The highest BCUT2D eigenvalue weighted by Gasteiger charge is 2.38. The lowest BCUT2D eigenvalue weighted by Gasteiger charge is -2.35. The van der Waals surface area contributed by atoms with Crippen molar-refractivity contribution in [2.75, 3.05) is 13.1 Å². The molecule has 1 aliphatic heterocycles. The summed E-state index contributed by atoms with van der Waals surface area (Å²) in [7, 11) is 0. The Morgan fingerprint density at radius 2 is 2.39 bits per heavy atom. The van der Waals surface area contributed by atoms with Crippen molar-refractivity contribution in [3.63, 3.8) is 0 Å². The first-order valence-electron chi connectivity index (χ1n) is 7.33.